The predicted molar refractivity (Wildman–Crippen MR) is 138 cm³/mol. The molecular formula is C22H25BrN6O4S2. The summed E-state index contributed by atoms with van der Waals surface area (Å²) < 4.78 is 43.2. The van der Waals surface area contributed by atoms with E-state index in [0.29, 0.717) is 11.1 Å². The Balaban J connectivity index is 1.51. The number of hydrogen-bond donors (Lipinski definition) is 2. The first kappa shape index (κ1) is 25.6. The number of halogens is 1. The highest BCUT2D eigenvalue weighted by atomic mass is 79.9. The van der Waals surface area contributed by atoms with Gasteiger partial charge >= 0.3 is 16.2 Å². The molecule has 0 radical (unpaired) electrons. The molecule has 0 bridgehead atoms. The van der Waals surface area contributed by atoms with Crippen LogP contribution >= 0.6 is 27.7 Å². The third-order valence-electron chi connectivity index (χ3n) is 5.25. The maximum absolute atomic E-state index is 12.8. The molecule has 0 unspecified atom stereocenters. The molecule has 1 aliphatic rings. The number of aromatic nitrogens is 4. The molecule has 2 heterocycles. The Labute approximate surface area is 217 Å². The molecule has 1 fully saturated rings. The summed E-state index contributed by atoms with van der Waals surface area (Å²) in [6, 6.07) is 7.52. The van der Waals surface area contributed by atoms with E-state index in [4.69, 9.17) is 9.47 Å². The Kier molecular flexibility index (Phi) is 8.76. The van der Waals surface area contributed by atoms with Gasteiger partial charge in [0.25, 0.3) is 0 Å². The van der Waals surface area contributed by atoms with Crippen molar-refractivity contribution in [1.82, 2.24) is 24.7 Å². The molecule has 3 aromatic rings. The van der Waals surface area contributed by atoms with E-state index < -0.39 is 10.2 Å². The summed E-state index contributed by atoms with van der Waals surface area (Å²) in [5.41, 5.74) is 1.12. The Bertz CT molecular complexity index is 1220. The Hall–Kier alpha value is -2.48. The predicted octanol–water partition coefficient (Wildman–Crippen LogP) is 4.06. The van der Waals surface area contributed by atoms with E-state index in [2.05, 4.69) is 45.3 Å². The third-order valence-corrected chi connectivity index (χ3v) is 7.56. The van der Waals surface area contributed by atoms with E-state index >= 15 is 0 Å². The van der Waals surface area contributed by atoms with Crippen LogP contribution in [0.1, 0.15) is 25.7 Å². The number of rotatable bonds is 11. The van der Waals surface area contributed by atoms with Gasteiger partial charge in [-0.3, -0.25) is 4.72 Å². The number of thioether (sulfide) groups is 1. The maximum Gasteiger partial charge on any atom is 0.316 e. The van der Waals surface area contributed by atoms with Crippen LogP contribution in [0.2, 0.25) is 0 Å². The molecule has 0 aliphatic heterocycles. The van der Waals surface area contributed by atoms with Gasteiger partial charge in [-0.15, -0.1) is 11.8 Å². The summed E-state index contributed by atoms with van der Waals surface area (Å²) in [5.74, 6) is 0.350. The van der Waals surface area contributed by atoms with Crippen molar-refractivity contribution in [3.05, 3.63) is 47.5 Å². The summed E-state index contributed by atoms with van der Waals surface area (Å²) in [7, 11) is -3.84. The van der Waals surface area contributed by atoms with Crippen molar-refractivity contribution in [2.75, 3.05) is 24.2 Å². The molecule has 186 valence electrons. The molecule has 1 aliphatic carbocycles. The van der Waals surface area contributed by atoms with E-state index in [9.17, 15) is 8.42 Å². The van der Waals surface area contributed by atoms with Crippen LogP contribution in [0.5, 0.6) is 11.9 Å². The summed E-state index contributed by atoms with van der Waals surface area (Å²) in [5, 5.41) is 0. The van der Waals surface area contributed by atoms with Crippen LogP contribution < -0.4 is 18.9 Å². The van der Waals surface area contributed by atoms with Crippen molar-refractivity contribution in [2.24, 2.45) is 0 Å². The second-order valence-corrected chi connectivity index (χ2v) is 11.0. The number of benzene rings is 1. The van der Waals surface area contributed by atoms with Crippen LogP contribution in [0.4, 0.5) is 5.82 Å². The number of ether oxygens (including phenoxy) is 2. The first-order chi connectivity index (χ1) is 16.9. The normalized spacial score (nSPS) is 14.1. The van der Waals surface area contributed by atoms with Gasteiger partial charge in [-0.2, -0.15) is 13.1 Å². The van der Waals surface area contributed by atoms with Crippen molar-refractivity contribution < 1.29 is 17.9 Å². The van der Waals surface area contributed by atoms with Crippen LogP contribution in [0, 0.1) is 0 Å². The van der Waals surface area contributed by atoms with Crippen LogP contribution in [0.15, 0.2) is 52.4 Å². The fourth-order valence-electron chi connectivity index (χ4n) is 3.61. The van der Waals surface area contributed by atoms with Gasteiger partial charge in [-0.05, 0) is 36.8 Å². The van der Waals surface area contributed by atoms with Crippen LogP contribution in [0.3, 0.4) is 0 Å². The van der Waals surface area contributed by atoms with Gasteiger partial charge in [-0.1, -0.05) is 40.9 Å². The number of hydrogen-bond acceptors (Lipinski definition) is 9. The molecular weight excluding hydrogens is 556 g/mol. The molecule has 0 saturated heterocycles. The minimum atomic E-state index is -3.84. The molecule has 1 aromatic carbocycles. The van der Waals surface area contributed by atoms with Crippen molar-refractivity contribution in [3.63, 3.8) is 0 Å². The summed E-state index contributed by atoms with van der Waals surface area (Å²) >= 11 is 4.96. The van der Waals surface area contributed by atoms with E-state index in [-0.39, 0.29) is 37.0 Å². The monoisotopic (exact) mass is 580 g/mol. The zero-order valence-corrected chi connectivity index (χ0v) is 22.2. The Morgan fingerprint density at radius 2 is 1.71 bits per heavy atom. The lowest BCUT2D eigenvalue weighted by molar-refractivity contribution is 0.201. The van der Waals surface area contributed by atoms with Crippen molar-refractivity contribution >= 4 is 43.7 Å². The topological polar surface area (TPSA) is 128 Å². The summed E-state index contributed by atoms with van der Waals surface area (Å²) in [4.78, 5) is 17.7. The van der Waals surface area contributed by atoms with Crippen LogP contribution in [-0.2, 0) is 10.2 Å². The van der Waals surface area contributed by atoms with Crippen molar-refractivity contribution in [1.29, 1.82) is 0 Å². The second-order valence-electron chi connectivity index (χ2n) is 7.72. The number of anilines is 1. The van der Waals surface area contributed by atoms with Crippen LogP contribution in [-0.4, -0.2) is 53.9 Å². The lowest BCUT2D eigenvalue weighted by atomic mass is 10.1. The molecule has 35 heavy (non-hydrogen) atoms. The lowest BCUT2D eigenvalue weighted by Gasteiger charge is -2.17. The molecule has 2 N–H and O–H groups in total. The van der Waals surface area contributed by atoms with E-state index in [1.165, 1.54) is 6.33 Å². The smallest absolute Gasteiger partial charge is 0.316 e. The highest BCUT2D eigenvalue weighted by Gasteiger charge is 2.24. The Morgan fingerprint density at radius 3 is 2.40 bits per heavy atom. The molecule has 13 heteroatoms. The van der Waals surface area contributed by atoms with Crippen molar-refractivity contribution in [3.8, 4) is 23.0 Å². The summed E-state index contributed by atoms with van der Waals surface area (Å²) in [6.45, 7) is 0.313. The molecule has 0 atom stereocenters. The maximum atomic E-state index is 12.8. The fraction of sp³-hybridized carbons (Fsp3) is 0.364. The van der Waals surface area contributed by atoms with Crippen molar-refractivity contribution in [2.45, 2.75) is 36.6 Å². The highest BCUT2D eigenvalue weighted by Crippen LogP contribution is 2.35. The van der Waals surface area contributed by atoms with Gasteiger partial charge < -0.3 is 9.47 Å². The zero-order chi connectivity index (χ0) is 24.7. The highest BCUT2D eigenvalue weighted by molar-refractivity contribution is 9.10. The van der Waals surface area contributed by atoms with E-state index in [1.54, 1.807) is 24.2 Å². The average Bonchev–Trinajstić information content (AvgIpc) is 3.35. The van der Waals surface area contributed by atoms with Gasteiger partial charge in [0.2, 0.25) is 5.88 Å². The van der Waals surface area contributed by atoms with Gasteiger partial charge in [-0.25, -0.2) is 19.9 Å². The molecule has 1 saturated carbocycles. The number of nitrogens with one attached hydrogen (secondary N) is 2. The first-order valence-electron chi connectivity index (χ1n) is 11.0. The minimum absolute atomic E-state index is 0.0782. The third kappa shape index (κ3) is 7.26. The van der Waals surface area contributed by atoms with E-state index in [0.717, 1.165) is 35.1 Å². The fourth-order valence-corrected chi connectivity index (χ4v) is 5.33. The Morgan fingerprint density at radius 1 is 1.03 bits per heavy atom. The number of nitrogens with zero attached hydrogens (tertiary/aromatic N) is 4. The lowest BCUT2D eigenvalue weighted by Crippen LogP contribution is -2.37. The van der Waals surface area contributed by atoms with Gasteiger partial charge in [0.1, 0.15) is 19.5 Å². The van der Waals surface area contributed by atoms with Gasteiger partial charge in [0.05, 0.1) is 5.56 Å². The standard InChI is InChI=1S/C22H25BrN6O4S2/c1-34-18-12-24-22(25-13-18)33-11-10-32-21-19(15-6-8-16(23)9-7-15)20(26-14-27-21)29-35(30,31)28-17-4-2-3-5-17/h6-9,12-14,17,28H,2-5,10-11H2,1H3,(H,26,27,29). The largest absolute Gasteiger partial charge is 0.473 e. The molecule has 0 spiro atoms. The zero-order valence-electron chi connectivity index (χ0n) is 19.0. The first-order valence-corrected chi connectivity index (χ1v) is 14.5. The quantitative estimate of drug-likeness (QED) is 0.254. The van der Waals surface area contributed by atoms with E-state index in [1.807, 2.05) is 30.5 Å². The molecule has 0 amide bonds. The molecule has 2 aromatic heterocycles. The second kappa shape index (κ2) is 12.0. The van der Waals surface area contributed by atoms with Gasteiger partial charge in [0, 0.05) is 27.8 Å². The minimum Gasteiger partial charge on any atom is -0.473 e. The van der Waals surface area contributed by atoms with Crippen LogP contribution in [0.25, 0.3) is 11.1 Å². The SMILES string of the molecule is CSc1cnc(OCCOc2ncnc(NS(=O)(=O)NC3CCCC3)c2-c2ccc(Br)cc2)nc1. The molecule has 4 rings (SSSR count). The summed E-state index contributed by atoms with van der Waals surface area (Å²) in [6.07, 6.45) is 10.2. The average molecular weight is 582 g/mol. The van der Waals surface area contributed by atoms with Gasteiger partial charge in [0.15, 0.2) is 5.82 Å². The molecule has 10 nitrogen and oxygen atoms in total.